The first-order valence-corrected chi connectivity index (χ1v) is 6.21. The predicted molar refractivity (Wildman–Crippen MR) is 67.1 cm³/mol. The molecule has 1 heterocycles. The van der Waals surface area contributed by atoms with E-state index in [1.165, 1.54) is 6.07 Å². The van der Waals surface area contributed by atoms with Crippen molar-refractivity contribution in [1.29, 1.82) is 0 Å². The highest BCUT2D eigenvalue weighted by Gasteiger charge is 2.28. The Bertz CT molecular complexity index is 496. The molecule has 1 aliphatic heterocycles. The third-order valence-corrected chi connectivity index (χ3v) is 3.09. The lowest BCUT2D eigenvalue weighted by Gasteiger charge is -2.20. The van der Waals surface area contributed by atoms with E-state index in [0.717, 1.165) is 0 Å². The number of hydrogen-bond acceptors (Lipinski definition) is 3. The van der Waals surface area contributed by atoms with Gasteiger partial charge in [0.2, 0.25) is 0 Å². The van der Waals surface area contributed by atoms with Gasteiger partial charge in [-0.2, -0.15) is 0 Å². The number of rotatable bonds is 3. The lowest BCUT2D eigenvalue weighted by atomic mass is 9.86. The maximum atomic E-state index is 13.9. The molecule has 1 N–H and O–H groups in total. The van der Waals surface area contributed by atoms with Crippen molar-refractivity contribution in [1.82, 2.24) is 0 Å². The average Bonchev–Trinajstić information content (AvgIpc) is 2.53. The van der Waals surface area contributed by atoms with E-state index in [1.54, 1.807) is 19.9 Å². The van der Waals surface area contributed by atoms with Crippen LogP contribution in [0, 0.1) is 11.2 Å². The Balaban J connectivity index is 2.31. The highest BCUT2D eigenvalue weighted by molar-refractivity contribution is 5.74. The number of halogens is 1. The zero-order valence-electron chi connectivity index (χ0n) is 11.0. The molecule has 0 aliphatic carbocycles. The van der Waals surface area contributed by atoms with Crippen LogP contribution in [0.3, 0.4) is 0 Å². The van der Waals surface area contributed by atoms with Crippen molar-refractivity contribution in [2.24, 2.45) is 5.41 Å². The van der Waals surface area contributed by atoms with Gasteiger partial charge in [0.25, 0.3) is 0 Å². The third kappa shape index (κ3) is 2.97. The maximum absolute atomic E-state index is 13.9. The molecule has 19 heavy (non-hydrogen) atoms. The van der Waals surface area contributed by atoms with Gasteiger partial charge in [0.15, 0.2) is 17.3 Å². The molecule has 0 saturated heterocycles. The largest absolute Gasteiger partial charge is 0.489 e. The molecule has 0 radical (unpaired) electrons. The van der Waals surface area contributed by atoms with Crippen molar-refractivity contribution in [3.05, 3.63) is 23.5 Å². The van der Waals surface area contributed by atoms with Crippen LogP contribution in [0.15, 0.2) is 12.1 Å². The Morgan fingerprint density at radius 1 is 1.37 bits per heavy atom. The van der Waals surface area contributed by atoms with Crippen LogP contribution in [0.1, 0.15) is 25.8 Å². The molecule has 0 amide bonds. The zero-order valence-corrected chi connectivity index (χ0v) is 11.0. The summed E-state index contributed by atoms with van der Waals surface area (Å²) in [6, 6.07) is 2.98. The van der Waals surface area contributed by atoms with Gasteiger partial charge < -0.3 is 14.6 Å². The van der Waals surface area contributed by atoms with Crippen molar-refractivity contribution in [3.63, 3.8) is 0 Å². The Morgan fingerprint density at radius 2 is 2.05 bits per heavy atom. The normalized spacial score (nSPS) is 14.9. The van der Waals surface area contributed by atoms with Crippen LogP contribution >= 0.6 is 0 Å². The van der Waals surface area contributed by atoms with Crippen molar-refractivity contribution >= 4 is 5.97 Å². The average molecular weight is 268 g/mol. The van der Waals surface area contributed by atoms with Crippen LogP contribution in [0.4, 0.5) is 4.39 Å². The molecule has 0 fully saturated rings. The molecule has 0 bridgehead atoms. The lowest BCUT2D eigenvalue weighted by molar-refractivity contribution is -0.146. The number of carboxylic acids is 1. The first-order chi connectivity index (χ1) is 8.90. The van der Waals surface area contributed by atoms with Gasteiger partial charge in [-0.3, -0.25) is 4.79 Å². The van der Waals surface area contributed by atoms with E-state index in [0.29, 0.717) is 30.9 Å². The molecule has 2 rings (SSSR count). The van der Waals surface area contributed by atoms with Crippen LogP contribution < -0.4 is 9.47 Å². The van der Waals surface area contributed by atoms with Crippen LogP contribution in [0.2, 0.25) is 0 Å². The van der Waals surface area contributed by atoms with E-state index >= 15 is 0 Å². The third-order valence-electron chi connectivity index (χ3n) is 3.09. The smallest absolute Gasteiger partial charge is 0.309 e. The van der Waals surface area contributed by atoms with E-state index in [-0.39, 0.29) is 12.2 Å². The Morgan fingerprint density at radius 3 is 2.74 bits per heavy atom. The number of carbonyl (C=O) groups is 1. The maximum Gasteiger partial charge on any atom is 0.309 e. The van der Waals surface area contributed by atoms with Gasteiger partial charge in [-0.15, -0.1) is 0 Å². The summed E-state index contributed by atoms with van der Waals surface area (Å²) < 4.78 is 24.7. The summed E-state index contributed by atoms with van der Waals surface area (Å²) in [6.45, 7) is 4.11. The van der Waals surface area contributed by atoms with Gasteiger partial charge >= 0.3 is 5.97 Å². The number of ether oxygens (including phenoxy) is 2. The van der Waals surface area contributed by atoms with Gasteiger partial charge in [0, 0.05) is 6.42 Å². The first-order valence-electron chi connectivity index (χ1n) is 6.21. The number of hydrogen-bond donors (Lipinski definition) is 1. The van der Waals surface area contributed by atoms with E-state index in [1.807, 2.05) is 0 Å². The molecule has 1 aliphatic rings. The van der Waals surface area contributed by atoms with Crippen molar-refractivity contribution in [2.45, 2.75) is 26.7 Å². The van der Waals surface area contributed by atoms with Gasteiger partial charge in [0.1, 0.15) is 0 Å². The van der Waals surface area contributed by atoms with E-state index < -0.39 is 17.2 Å². The highest BCUT2D eigenvalue weighted by Crippen LogP contribution is 2.35. The van der Waals surface area contributed by atoms with E-state index in [9.17, 15) is 9.18 Å². The molecule has 4 nitrogen and oxygen atoms in total. The molecule has 1 aromatic rings. The summed E-state index contributed by atoms with van der Waals surface area (Å²) in [6.07, 6.45) is 0.931. The van der Waals surface area contributed by atoms with Crippen molar-refractivity contribution in [3.8, 4) is 11.5 Å². The number of aliphatic carboxylic acids is 1. The fourth-order valence-electron chi connectivity index (χ4n) is 1.97. The number of fused-ring (bicyclic) bond motifs is 1. The molecule has 1 aromatic carbocycles. The Hall–Kier alpha value is -1.78. The predicted octanol–water partition coefficient (Wildman–Crippen LogP) is 2.64. The SMILES string of the molecule is CC(C)(Cc1cc(F)c2c(c1)OCCCO2)C(=O)O. The summed E-state index contributed by atoms with van der Waals surface area (Å²) in [5.41, 5.74) is -0.360. The second kappa shape index (κ2) is 5.07. The standard InChI is InChI=1S/C14H17FO4/c1-14(2,13(16)17)8-9-6-10(15)12-11(7-9)18-4-3-5-19-12/h6-7H,3-5,8H2,1-2H3,(H,16,17). The fraction of sp³-hybridized carbons (Fsp3) is 0.500. The first kappa shape index (κ1) is 13.6. The highest BCUT2D eigenvalue weighted by atomic mass is 19.1. The minimum Gasteiger partial charge on any atom is -0.489 e. The van der Waals surface area contributed by atoms with Crippen LogP contribution in [0.5, 0.6) is 11.5 Å². The molecule has 0 atom stereocenters. The summed E-state index contributed by atoms with van der Waals surface area (Å²) in [7, 11) is 0. The Kier molecular flexibility index (Phi) is 3.64. The summed E-state index contributed by atoms with van der Waals surface area (Å²) in [5.74, 6) is -0.946. The van der Waals surface area contributed by atoms with Gasteiger partial charge in [-0.25, -0.2) is 4.39 Å². The summed E-state index contributed by atoms with van der Waals surface area (Å²) in [5, 5.41) is 9.11. The molecule has 0 unspecified atom stereocenters. The molecule has 5 heteroatoms. The zero-order chi connectivity index (χ0) is 14.0. The van der Waals surface area contributed by atoms with Crippen molar-refractivity contribution in [2.75, 3.05) is 13.2 Å². The lowest BCUT2D eigenvalue weighted by Crippen LogP contribution is -2.26. The van der Waals surface area contributed by atoms with Crippen LogP contribution in [-0.2, 0) is 11.2 Å². The second-order valence-electron chi connectivity index (χ2n) is 5.32. The fourth-order valence-corrected chi connectivity index (χ4v) is 1.97. The number of carboxylic acid groups (broad SMARTS) is 1. The Labute approximate surface area is 111 Å². The molecule has 0 spiro atoms. The quantitative estimate of drug-likeness (QED) is 0.915. The summed E-state index contributed by atoms with van der Waals surface area (Å²) in [4.78, 5) is 11.1. The molecular weight excluding hydrogens is 251 g/mol. The summed E-state index contributed by atoms with van der Waals surface area (Å²) >= 11 is 0. The molecule has 0 saturated carbocycles. The second-order valence-corrected chi connectivity index (χ2v) is 5.32. The van der Waals surface area contributed by atoms with Crippen LogP contribution in [-0.4, -0.2) is 24.3 Å². The number of benzene rings is 1. The van der Waals surface area contributed by atoms with E-state index in [2.05, 4.69) is 0 Å². The van der Waals surface area contributed by atoms with Crippen LogP contribution in [0.25, 0.3) is 0 Å². The van der Waals surface area contributed by atoms with Gasteiger partial charge in [0.05, 0.1) is 18.6 Å². The monoisotopic (exact) mass is 268 g/mol. The molecule has 0 aromatic heterocycles. The van der Waals surface area contributed by atoms with Gasteiger partial charge in [-0.05, 0) is 38.0 Å². The minimum absolute atomic E-state index is 0.120. The van der Waals surface area contributed by atoms with E-state index in [4.69, 9.17) is 14.6 Å². The topological polar surface area (TPSA) is 55.8 Å². The van der Waals surface area contributed by atoms with Gasteiger partial charge in [-0.1, -0.05) is 0 Å². The molecule has 104 valence electrons. The minimum atomic E-state index is -0.952. The van der Waals surface area contributed by atoms with Crippen molar-refractivity contribution < 1.29 is 23.8 Å². The molecular formula is C14H17FO4.